The van der Waals surface area contributed by atoms with Crippen LogP contribution in [0.5, 0.6) is 0 Å². The highest BCUT2D eigenvalue weighted by molar-refractivity contribution is 5.78. The highest BCUT2D eigenvalue weighted by Crippen LogP contribution is 2.26. The lowest BCUT2D eigenvalue weighted by atomic mass is 10.3. The molecular formula is C12H24N2O2. The van der Waals surface area contributed by atoms with Gasteiger partial charge in [-0.3, -0.25) is 9.69 Å². The molecule has 1 saturated carbocycles. The van der Waals surface area contributed by atoms with Crippen molar-refractivity contribution in [2.24, 2.45) is 0 Å². The van der Waals surface area contributed by atoms with E-state index in [1.165, 1.54) is 0 Å². The van der Waals surface area contributed by atoms with Gasteiger partial charge in [0.25, 0.3) is 0 Å². The van der Waals surface area contributed by atoms with E-state index in [4.69, 9.17) is 5.11 Å². The Balaban J connectivity index is 2.26. The van der Waals surface area contributed by atoms with Crippen molar-refractivity contribution in [3.8, 4) is 0 Å². The zero-order chi connectivity index (χ0) is 12.1. The SMILES string of the molecule is CCN(C(=O)CN(C)CCC(C)O)C1CC1. The van der Waals surface area contributed by atoms with Gasteiger partial charge in [0.2, 0.25) is 5.91 Å². The van der Waals surface area contributed by atoms with Crippen LogP contribution in [0.25, 0.3) is 0 Å². The molecule has 1 N–H and O–H groups in total. The summed E-state index contributed by atoms with van der Waals surface area (Å²) in [6.45, 7) is 5.86. The van der Waals surface area contributed by atoms with Crippen LogP contribution in [0.3, 0.4) is 0 Å². The molecule has 1 atom stereocenters. The van der Waals surface area contributed by atoms with Crippen LogP contribution in [0.15, 0.2) is 0 Å². The molecule has 1 aliphatic rings. The van der Waals surface area contributed by atoms with Gasteiger partial charge in [0.15, 0.2) is 0 Å². The summed E-state index contributed by atoms with van der Waals surface area (Å²) in [5.74, 6) is 0.220. The van der Waals surface area contributed by atoms with Crippen LogP contribution in [-0.4, -0.2) is 59.6 Å². The summed E-state index contributed by atoms with van der Waals surface area (Å²) in [5, 5.41) is 9.17. The molecule has 0 aromatic rings. The first-order chi connectivity index (χ1) is 7.54. The second-order valence-corrected chi connectivity index (χ2v) is 4.79. The summed E-state index contributed by atoms with van der Waals surface area (Å²) in [7, 11) is 1.93. The third kappa shape index (κ3) is 4.49. The van der Waals surface area contributed by atoms with E-state index in [1.54, 1.807) is 6.92 Å². The molecule has 0 bridgehead atoms. The molecule has 16 heavy (non-hydrogen) atoms. The number of carbonyl (C=O) groups is 1. The first kappa shape index (κ1) is 13.5. The molecule has 0 aliphatic heterocycles. The zero-order valence-electron chi connectivity index (χ0n) is 10.6. The molecule has 94 valence electrons. The monoisotopic (exact) mass is 228 g/mol. The highest BCUT2D eigenvalue weighted by atomic mass is 16.3. The fourth-order valence-electron chi connectivity index (χ4n) is 1.83. The third-order valence-electron chi connectivity index (χ3n) is 2.98. The minimum Gasteiger partial charge on any atom is -0.393 e. The molecule has 0 aromatic heterocycles. The smallest absolute Gasteiger partial charge is 0.236 e. The Labute approximate surface area is 98.2 Å². The van der Waals surface area contributed by atoms with Gasteiger partial charge in [-0.15, -0.1) is 0 Å². The molecule has 1 aliphatic carbocycles. The second kappa shape index (κ2) is 6.21. The van der Waals surface area contributed by atoms with E-state index in [0.29, 0.717) is 12.6 Å². The molecule has 4 nitrogen and oxygen atoms in total. The van der Waals surface area contributed by atoms with Crippen molar-refractivity contribution in [1.82, 2.24) is 9.80 Å². The molecule has 1 fully saturated rings. The molecule has 0 spiro atoms. The van der Waals surface area contributed by atoms with Crippen molar-refractivity contribution in [2.45, 2.75) is 45.3 Å². The van der Waals surface area contributed by atoms with Gasteiger partial charge in [-0.25, -0.2) is 0 Å². The van der Waals surface area contributed by atoms with E-state index in [0.717, 1.165) is 32.4 Å². The average molecular weight is 228 g/mol. The predicted molar refractivity (Wildman–Crippen MR) is 64.2 cm³/mol. The van der Waals surface area contributed by atoms with Gasteiger partial charge >= 0.3 is 0 Å². The van der Waals surface area contributed by atoms with Gasteiger partial charge in [-0.05, 0) is 40.2 Å². The number of amides is 1. The van der Waals surface area contributed by atoms with E-state index in [9.17, 15) is 4.79 Å². The van der Waals surface area contributed by atoms with Gasteiger partial charge in [-0.2, -0.15) is 0 Å². The summed E-state index contributed by atoms with van der Waals surface area (Å²) in [4.78, 5) is 15.9. The van der Waals surface area contributed by atoms with Crippen molar-refractivity contribution >= 4 is 5.91 Å². The lowest BCUT2D eigenvalue weighted by Crippen LogP contribution is -2.40. The second-order valence-electron chi connectivity index (χ2n) is 4.79. The van der Waals surface area contributed by atoms with Crippen molar-refractivity contribution in [1.29, 1.82) is 0 Å². The van der Waals surface area contributed by atoms with E-state index in [-0.39, 0.29) is 12.0 Å². The van der Waals surface area contributed by atoms with Crippen LogP contribution >= 0.6 is 0 Å². The summed E-state index contributed by atoms with van der Waals surface area (Å²) >= 11 is 0. The number of carbonyl (C=O) groups excluding carboxylic acids is 1. The quantitative estimate of drug-likeness (QED) is 0.697. The lowest BCUT2D eigenvalue weighted by molar-refractivity contribution is -0.132. The van der Waals surface area contributed by atoms with Gasteiger partial charge in [0.05, 0.1) is 12.6 Å². The first-order valence-electron chi connectivity index (χ1n) is 6.20. The topological polar surface area (TPSA) is 43.8 Å². The van der Waals surface area contributed by atoms with Crippen LogP contribution in [0.1, 0.15) is 33.1 Å². The Morgan fingerprint density at radius 3 is 2.56 bits per heavy atom. The average Bonchev–Trinajstić information content (AvgIpc) is 3.00. The zero-order valence-corrected chi connectivity index (χ0v) is 10.6. The molecule has 0 saturated heterocycles. The molecule has 1 rings (SSSR count). The maximum absolute atomic E-state index is 11.9. The molecule has 0 heterocycles. The first-order valence-corrected chi connectivity index (χ1v) is 6.20. The Bertz CT molecular complexity index is 227. The van der Waals surface area contributed by atoms with Crippen molar-refractivity contribution in [3.63, 3.8) is 0 Å². The predicted octanol–water partition coefficient (Wildman–Crippen LogP) is 0.700. The fourth-order valence-corrected chi connectivity index (χ4v) is 1.83. The number of aliphatic hydroxyl groups excluding tert-OH is 1. The van der Waals surface area contributed by atoms with Crippen molar-refractivity contribution in [3.05, 3.63) is 0 Å². The van der Waals surface area contributed by atoms with E-state index < -0.39 is 0 Å². The van der Waals surface area contributed by atoms with Crippen molar-refractivity contribution < 1.29 is 9.90 Å². The number of aliphatic hydroxyl groups is 1. The highest BCUT2D eigenvalue weighted by Gasteiger charge is 2.31. The summed E-state index contributed by atoms with van der Waals surface area (Å²) in [6, 6.07) is 0.502. The summed E-state index contributed by atoms with van der Waals surface area (Å²) < 4.78 is 0. The van der Waals surface area contributed by atoms with Crippen LogP contribution in [0, 0.1) is 0 Å². The van der Waals surface area contributed by atoms with Gasteiger partial charge in [0.1, 0.15) is 0 Å². The minimum atomic E-state index is -0.289. The van der Waals surface area contributed by atoms with Crippen LogP contribution in [0.2, 0.25) is 0 Å². The molecule has 1 unspecified atom stereocenters. The standard InChI is InChI=1S/C12H24N2O2/c1-4-14(11-5-6-11)12(16)9-13(3)8-7-10(2)15/h10-11,15H,4-9H2,1-3H3. The fraction of sp³-hybridized carbons (Fsp3) is 0.917. The number of hydrogen-bond acceptors (Lipinski definition) is 3. The third-order valence-corrected chi connectivity index (χ3v) is 2.98. The van der Waals surface area contributed by atoms with E-state index in [2.05, 4.69) is 0 Å². The summed E-state index contributed by atoms with van der Waals surface area (Å²) in [5.41, 5.74) is 0. The molecule has 4 heteroatoms. The Morgan fingerprint density at radius 2 is 2.12 bits per heavy atom. The van der Waals surface area contributed by atoms with Gasteiger partial charge in [0, 0.05) is 19.1 Å². The molecule has 0 aromatic carbocycles. The molecule has 0 radical (unpaired) electrons. The van der Waals surface area contributed by atoms with E-state index >= 15 is 0 Å². The van der Waals surface area contributed by atoms with Gasteiger partial charge < -0.3 is 10.0 Å². The Kier molecular flexibility index (Phi) is 5.22. The number of nitrogens with zero attached hydrogens (tertiary/aromatic N) is 2. The van der Waals surface area contributed by atoms with Crippen LogP contribution in [0.4, 0.5) is 0 Å². The molecular weight excluding hydrogens is 204 g/mol. The largest absolute Gasteiger partial charge is 0.393 e. The maximum atomic E-state index is 11.9. The Morgan fingerprint density at radius 1 is 1.50 bits per heavy atom. The minimum absolute atomic E-state index is 0.220. The number of rotatable bonds is 7. The van der Waals surface area contributed by atoms with Crippen molar-refractivity contribution in [2.75, 3.05) is 26.7 Å². The number of hydrogen-bond donors (Lipinski definition) is 1. The van der Waals surface area contributed by atoms with Gasteiger partial charge in [-0.1, -0.05) is 0 Å². The summed E-state index contributed by atoms with van der Waals surface area (Å²) in [6.07, 6.45) is 2.76. The van der Waals surface area contributed by atoms with Crippen LogP contribution < -0.4 is 0 Å². The molecule has 1 amide bonds. The Hall–Kier alpha value is -0.610. The van der Waals surface area contributed by atoms with Crippen LogP contribution in [-0.2, 0) is 4.79 Å². The lowest BCUT2D eigenvalue weighted by Gasteiger charge is -2.24. The van der Waals surface area contributed by atoms with E-state index in [1.807, 2.05) is 23.8 Å². The normalized spacial score (nSPS) is 17.6. The number of likely N-dealkylation sites (N-methyl/N-ethyl adjacent to an activating group) is 2. The maximum Gasteiger partial charge on any atom is 0.236 e.